The highest BCUT2D eigenvalue weighted by Gasteiger charge is 2.33. The second-order valence-electron chi connectivity index (χ2n) is 7.84. The van der Waals surface area contributed by atoms with Gasteiger partial charge < -0.3 is 9.64 Å². The molecule has 1 unspecified atom stereocenters. The highest BCUT2D eigenvalue weighted by Crippen LogP contribution is 2.31. The van der Waals surface area contributed by atoms with Gasteiger partial charge in [0.1, 0.15) is 5.82 Å². The lowest BCUT2D eigenvalue weighted by atomic mass is 9.95. The number of halogens is 1. The fraction of sp³-hybridized carbons (Fsp3) is 0.240. The summed E-state index contributed by atoms with van der Waals surface area (Å²) in [6.45, 7) is 3.72. The molecule has 1 aliphatic rings. The number of hydrogen-bond acceptors (Lipinski definition) is 6. The zero-order chi connectivity index (χ0) is 23.7. The molecule has 0 fully saturated rings. The Bertz CT molecular complexity index is 1400. The van der Waals surface area contributed by atoms with Crippen LogP contribution in [-0.4, -0.2) is 31.2 Å². The van der Waals surface area contributed by atoms with Crippen LogP contribution in [0.1, 0.15) is 31.0 Å². The number of rotatable bonds is 5. The number of carbonyl (C=O) groups excluding carboxylic acids is 1. The largest absolute Gasteiger partial charge is 0.463 e. The van der Waals surface area contributed by atoms with Gasteiger partial charge in [-0.05, 0) is 55.3 Å². The zero-order valence-corrected chi connectivity index (χ0v) is 19.6. The predicted octanol–water partition coefficient (Wildman–Crippen LogP) is 3.00. The number of allylic oxidation sites excluding steroid dienone is 1. The van der Waals surface area contributed by atoms with E-state index in [2.05, 4.69) is 4.99 Å². The highest BCUT2D eigenvalue weighted by atomic mass is 32.1. The first kappa shape index (κ1) is 22.7. The summed E-state index contributed by atoms with van der Waals surface area (Å²) in [6.07, 6.45) is 1.71. The molecule has 2 heterocycles. The fourth-order valence-corrected chi connectivity index (χ4v) is 4.82. The summed E-state index contributed by atoms with van der Waals surface area (Å²) in [5.74, 6) is -0.835. The number of carbonyl (C=O) groups is 1. The molecule has 2 aromatic carbocycles. The van der Waals surface area contributed by atoms with E-state index in [1.54, 1.807) is 36.6 Å². The Morgan fingerprint density at radius 1 is 1.18 bits per heavy atom. The molecular formula is C25H24FN3O3S. The number of nitrogens with zero attached hydrogens (tertiary/aromatic N) is 3. The highest BCUT2D eigenvalue weighted by molar-refractivity contribution is 7.07. The number of benzene rings is 2. The molecule has 0 bridgehead atoms. The first-order valence-electron chi connectivity index (χ1n) is 10.5. The molecule has 0 N–H and O–H groups in total. The average Bonchev–Trinajstić information content (AvgIpc) is 3.09. The molecule has 0 aliphatic carbocycles. The van der Waals surface area contributed by atoms with Crippen LogP contribution < -0.4 is 19.8 Å². The molecule has 1 atom stereocenters. The molecule has 1 aliphatic heterocycles. The van der Waals surface area contributed by atoms with E-state index in [1.165, 1.54) is 23.5 Å². The van der Waals surface area contributed by atoms with Gasteiger partial charge in [0.25, 0.3) is 5.56 Å². The third-order valence-corrected chi connectivity index (χ3v) is 6.39. The Kier molecular flexibility index (Phi) is 6.29. The Morgan fingerprint density at radius 2 is 1.85 bits per heavy atom. The smallest absolute Gasteiger partial charge is 0.338 e. The molecule has 33 heavy (non-hydrogen) atoms. The molecule has 6 nitrogen and oxygen atoms in total. The van der Waals surface area contributed by atoms with Gasteiger partial charge in [-0.3, -0.25) is 9.36 Å². The Balaban J connectivity index is 1.92. The van der Waals surface area contributed by atoms with Gasteiger partial charge in [0.2, 0.25) is 0 Å². The van der Waals surface area contributed by atoms with Crippen molar-refractivity contribution in [3.8, 4) is 0 Å². The standard InChI is InChI=1S/C25H24FN3O3S/c1-5-32-24(31)21-15(2)27-25-29(22(21)17-8-12-19(13-9-17)28(3)4)23(30)20(33-25)14-16-6-10-18(26)11-7-16/h6-14,22H,5H2,1-4H3/b20-14-. The molecule has 1 aromatic heterocycles. The summed E-state index contributed by atoms with van der Waals surface area (Å²) in [6, 6.07) is 13.0. The van der Waals surface area contributed by atoms with Gasteiger partial charge in [-0.25, -0.2) is 14.2 Å². The van der Waals surface area contributed by atoms with E-state index in [9.17, 15) is 14.0 Å². The third-order valence-electron chi connectivity index (χ3n) is 5.41. The number of thiazole rings is 1. The normalized spacial score (nSPS) is 15.8. The van der Waals surface area contributed by atoms with Gasteiger partial charge in [-0.15, -0.1) is 0 Å². The van der Waals surface area contributed by atoms with Gasteiger partial charge in [0.05, 0.1) is 28.5 Å². The second kappa shape index (κ2) is 9.15. The number of anilines is 1. The van der Waals surface area contributed by atoms with Crippen molar-refractivity contribution >= 4 is 29.1 Å². The maximum atomic E-state index is 13.5. The van der Waals surface area contributed by atoms with Gasteiger partial charge in [0.15, 0.2) is 4.80 Å². The summed E-state index contributed by atoms with van der Waals surface area (Å²) >= 11 is 1.24. The molecule has 0 radical (unpaired) electrons. The van der Waals surface area contributed by atoms with E-state index < -0.39 is 12.0 Å². The summed E-state index contributed by atoms with van der Waals surface area (Å²) < 4.78 is 20.6. The van der Waals surface area contributed by atoms with Crippen molar-refractivity contribution < 1.29 is 13.9 Å². The van der Waals surface area contributed by atoms with E-state index in [1.807, 2.05) is 43.3 Å². The summed E-state index contributed by atoms with van der Waals surface area (Å²) in [5, 5.41) is 0. The van der Waals surface area contributed by atoms with E-state index in [-0.39, 0.29) is 18.0 Å². The quantitative estimate of drug-likeness (QED) is 0.544. The van der Waals surface area contributed by atoms with E-state index in [4.69, 9.17) is 4.74 Å². The fourth-order valence-electron chi connectivity index (χ4n) is 3.77. The topological polar surface area (TPSA) is 63.9 Å². The lowest BCUT2D eigenvalue weighted by Crippen LogP contribution is -2.39. The molecule has 3 aromatic rings. The first-order chi connectivity index (χ1) is 15.8. The van der Waals surface area contributed by atoms with Crippen LogP contribution in [0.5, 0.6) is 0 Å². The lowest BCUT2D eigenvalue weighted by molar-refractivity contribution is -0.139. The molecule has 8 heteroatoms. The van der Waals surface area contributed by atoms with Gasteiger partial charge in [-0.2, -0.15) is 0 Å². The molecule has 0 saturated carbocycles. The number of hydrogen-bond donors (Lipinski definition) is 0. The third kappa shape index (κ3) is 4.39. The van der Waals surface area contributed by atoms with Crippen LogP contribution >= 0.6 is 11.3 Å². The van der Waals surface area contributed by atoms with E-state index in [0.717, 1.165) is 11.3 Å². The van der Waals surface area contributed by atoms with Gasteiger partial charge >= 0.3 is 5.97 Å². The zero-order valence-electron chi connectivity index (χ0n) is 18.8. The average molecular weight is 466 g/mol. The molecule has 170 valence electrons. The van der Waals surface area contributed by atoms with Crippen LogP contribution in [0, 0.1) is 5.82 Å². The maximum absolute atomic E-state index is 13.5. The number of fused-ring (bicyclic) bond motifs is 1. The van der Waals surface area contributed by atoms with Crippen LogP contribution in [0.15, 0.2) is 69.6 Å². The predicted molar refractivity (Wildman–Crippen MR) is 128 cm³/mol. The van der Waals surface area contributed by atoms with Crippen LogP contribution in [0.3, 0.4) is 0 Å². The van der Waals surface area contributed by atoms with Crippen molar-refractivity contribution in [2.24, 2.45) is 4.99 Å². The lowest BCUT2D eigenvalue weighted by Gasteiger charge is -2.25. The van der Waals surface area contributed by atoms with Crippen LogP contribution in [0.4, 0.5) is 10.1 Å². The number of aromatic nitrogens is 1. The Morgan fingerprint density at radius 3 is 2.45 bits per heavy atom. The maximum Gasteiger partial charge on any atom is 0.338 e. The van der Waals surface area contributed by atoms with Crippen molar-refractivity contribution in [3.05, 3.63) is 96.4 Å². The van der Waals surface area contributed by atoms with Crippen LogP contribution in [0.25, 0.3) is 6.08 Å². The van der Waals surface area contributed by atoms with E-state index >= 15 is 0 Å². The van der Waals surface area contributed by atoms with Crippen molar-refractivity contribution in [1.82, 2.24) is 4.57 Å². The Labute approximate surface area is 194 Å². The SMILES string of the molecule is CCOC(=O)C1=C(C)N=c2s/c(=C\c3ccc(F)cc3)c(=O)n2C1c1ccc(N(C)C)cc1. The minimum Gasteiger partial charge on any atom is -0.463 e. The molecule has 0 amide bonds. The van der Waals surface area contributed by atoms with Crippen molar-refractivity contribution in [2.75, 3.05) is 25.6 Å². The first-order valence-corrected chi connectivity index (χ1v) is 11.3. The van der Waals surface area contributed by atoms with Gasteiger partial charge in [0, 0.05) is 19.8 Å². The molecule has 0 saturated heterocycles. The van der Waals surface area contributed by atoms with Crippen molar-refractivity contribution in [3.63, 3.8) is 0 Å². The second-order valence-corrected chi connectivity index (χ2v) is 8.85. The van der Waals surface area contributed by atoms with Crippen LogP contribution in [0.2, 0.25) is 0 Å². The monoisotopic (exact) mass is 465 g/mol. The minimum absolute atomic E-state index is 0.219. The van der Waals surface area contributed by atoms with E-state index in [0.29, 0.717) is 26.2 Å². The van der Waals surface area contributed by atoms with Crippen LogP contribution in [-0.2, 0) is 9.53 Å². The van der Waals surface area contributed by atoms with Gasteiger partial charge in [-0.1, -0.05) is 35.6 Å². The summed E-state index contributed by atoms with van der Waals surface area (Å²) in [4.78, 5) is 33.5. The summed E-state index contributed by atoms with van der Waals surface area (Å²) in [5.41, 5.74) is 3.09. The molecular weight excluding hydrogens is 441 g/mol. The molecule has 4 rings (SSSR count). The number of esters is 1. The molecule has 0 spiro atoms. The Hall–Kier alpha value is -3.52. The number of ether oxygens (including phenoxy) is 1. The summed E-state index contributed by atoms with van der Waals surface area (Å²) in [7, 11) is 3.89. The van der Waals surface area contributed by atoms with Crippen molar-refractivity contribution in [1.29, 1.82) is 0 Å². The van der Waals surface area contributed by atoms with Crippen molar-refractivity contribution in [2.45, 2.75) is 19.9 Å². The minimum atomic E-state index is -0.660.